The summed E-state index contributed by atoms with van der Waals surface area (Å²) in [4.78, 5) is 16.2. The molecule has 0 unspecified atom stereocenters. The van der Waals surface area contributed by atoms with Crippen molar-refractivity contribution in [2.45, 2.75) is 70.8 Å². The first-order valence-electron chi connectivity index (χ1n) is 9.50. The fraction of sp³-hybridized carbons (Fsp3) is 0.944. The zero-order valence-corrected chi connectivity index (χ0v) is 16.2. The summed E-state index contributed by atoms with van der Waals surface area (Å²) in [5.74, 6) is -1.47. The molecule has 0 bridgehead atoms. The van der Waals surface area contributed by atoms with E-state index in [1.165, 1.54) is 18.7 Å². The minimum Gasteiger partial charge on any atom is -0.377 e. The number of hydrogen-bond acceptors (Lipinski definition) is 3. The summed E-state index contributed by atoms with van der Waals surface area (Å²) in [5.41, 5.74) is -1.21. The number of urea groups is 1. The van der Waals surface area contributed by atoms with Crippen LogP contribution in [-0.4, -0.2) is 72.5 Å². The number of likely N-dealkylation sites (tertiary alicyclic amines) is 2. The summed E-state index contributed by atoms with van der Waals surface area (Å²) in [6.45, 7) is 10.5. The molecule has 2 fully saturated rings. The fourth-order valence-corrected chi connectivity index (χ4v) is 3.99. The first kappa shape index (κ1) is 21.3. The average molecular weight is 379 g/mol. The maximum Gasteiger partial charge on any atom is 0.394 e. The minimum absolute atomic E-state index is 0.0190. The third-order valence-electron chi connectivity index (χ3n) is 5.60. The van der Waals surface area contributed by atoms with Crippen LogP contribution < -0.4 is 5.32 Å². The largest absolute Gasteiger partial charge is 0.394 e. The Labute approximate surface area is 154 Å². The number of alkyl halides is 3. The Balaban J connectivity index is 1.79. The Morgan fingerprint density at radius 3 is 2.31 bits per heavy atom. The molecule has 0 aromatic heterocycles. The molecular weight excluding hydrogens is 347 g/mol. The van der Waals surface area contributed by atoms with Gasteiger partial charge in [-0.2, -0.15) is 13.2 Å². The number of piperidine rings is 1. The highest BCUT2D eigenvalue weighted by Crippen LogP contribution is 2.44. The zero-order chi connectivity index (χ0) is 19.5. The molecule has 0 aliphatic carbocycles. The van der Waals surface area contributed by atoms with Crippen molar-refractivity contribution in [2.75, 3.05) is 32.8 Å². The lowest BCUT2D eigenvalue weighted by Gasteiger charge is -2.38. The van der Waals surface area contributed by atoms with Crippen molar-refractivity contribution in [2.24, 2.45) is 5.92 Å². The van der Waals surface area contributed by atoms with Crippen molar-refractivity contribution in [3.63, 3.8) is 0 Å². The van der Waals surface area contributed by atoms with Crippen LogP contribution in [0.1, 0.15) is 47.0 Å². The maximum absolute atomic E-state index is 13.2. The molecule has 2 rings (SSSR count). The number of halogens is 3. The molecule has 2 amide bonds. The van der Waals surface area contributed by atoms with Gasteiger partial charge in [-0.3, -0.25) is 0 Å². The maximum atomic E-state index is 13.2. The lowest BCUT2D eigenvalue weighted by atomic mass is 9.88. The monoisotopic (exact) mass is 379 g/mol. The second-order valence-electron chi connectivity index (χ2n) is 8.17. The summed E-state index contributed by atoms with van der Waals surface area (Å²) in [6, 6.07) is -0.353. The van der Waals surface area contributed by atoms with Crippen LogP contribution in [0.15, 0.2) is 0 Å². The van der Waals surface area contributed by atoms with E-state index in [1.807, 2.05) is 13.8 Å². The molecule has 26 heavy (non-hydrogen) atoms. The molecule has 0 spiro atoms. The first-order valence-corrected chi connectivity index (χ1v) is 9.50. The quantitative estimate of drug-likeness (QED) is 0.798. The number of nitrogens with one attached hydrogen (secondary N) is 1. The van der Waals surface area contributed by atoms with Crippen LogP contribution in [0.3, 0.4) is 0 Å². The highest BCUT2D eigenvalue weighted by molar-refractivity contribution is 5.76. The molecule has 2 heterocycles. The third-order valence-corrected chi connectivity index (χ3v) is 5.60. The van der Waals surface area contributed by atoms with Crippen LogP contribution in [0.25, 0.3) is 0 Å². The number of rotatable bonds is 5. The van der Waals surface area contributed by atoms with Gasteiger partial charge in [-0.1, -0.05) is 0 Å². The molecule has 1 N–H and O–H groups in total. The molecule has 0 saturated carbocycles. The molecule has 2 saturated heterocycles. The number of carbonyl (C=O) groups excluding carboxylic acids is 1. The van der Waals surface area contributed by atoms with E-state index in [4.69, 9.17) is 4.74 Å². The number of ether oxygens (including phenoxy) is 1. The van der Waals surface area contributed by atoms with Gasteiger partial charge in [0.15, 0.2) is 0 Å². The van der Waals surface area contributed by atoms with Crippen molar-refractivity contribution in [3.8, 4) is 0 Å². The number of hydrogen-bond donors (Lipinski definition) is 1. The Kier molecular flexibility index (Phi) is 6.82. The summed E-state index contributed by atoms with van der Waals surface area (Å²) in [5, 5.41) is 2.95. The van der Waals surface area contributed by atoms with E-state index in [1.54, 1.807) is 0 Å². The van der Waals surface area contributed by atoms with Crippen molar-refractivity contribution >= 4 is 6.03 Å². The second kappa shape index (κ2) is 8.33. The topological polar surface area (TPSA) is 44.8 Å². The van der Waals surface area contributed by atoms with Gasteiger partial charge in [0.1, 0.15) is 0 Å². The molecule has 2 aliphatic rings. The SMILES string of the molecule is CC(C)OCCN1CCC(NC(=O)N2CC[C@H](C(F)(F)F)C2(C)C)CC1. The zero-order valence-electron chi connectivity index (χ0n) is 16.2. The average Bonchev–Trinajstić information content (AvgIpc) is 2.83. The normalized spacial score (nSPS) is 25.1. The van der Waals surface area contributed by atoms with Gasteiger partial charge in [0, 0.05) is 32.2 Å². The van der Waals surface area contributed by atoms with Gasteiger partial charge in [-0.15, -0.1) is 0 Å². The molecule has 152 valence electrons. The number of amides is 2. The second-order valence-corrected chi connectivity index (χ2v) is 8.17. The first-order chi connectivity index (χ1) is 12.0. The number of carbonyl (C=O) groups is 1. The van der Waals surface area contributed by atoms with Gasteiger partial charge >= 0.3 is 12.2 Å². The third kappa shape index (κ3) is 5.25. The molecule has 1 atom stereocenters. The Morgan fingerprint density at radius 2 is 1.81 bits per heavy atom. The van der Waals surface area contributed by atoms with E-state index in [2.05, 4.69) is 10.2 Å². The summed E-state index contributed by atoms with van der Waals surface area (Å²) >= 11 is 0. The van der Waals surface area contributed by atoms with E-state index in [9.17, 15) is 18.0 Å². The van der Waals surface area contributed by atoms with Gasteiger partial charge in [0.05, 0.1) is 24.2 Å². The van der Waals surface area contributed by atoms with Gasteiger partial charge in [-0.05, 0) is 47.0 Å². The standard InChI is InChI=1S/C18H32F3N3O2/c1-13(2)26-12-11-23-8-5-14(6-9-23)22-16(25)24-10-7-15(17(24,3)4)18(19,20)21/h13-15H,5-12H2,1-4H3,(H,22,25)/t15-/m0/s1. The Morgan fingerprint density at radius 1 is 1.19 bits per heavy atom. The van der Waals surface area contributed by atoms with Gasteiger partial charge in [-0.25, -0.2) is 4.79 Å². The van der Waals surface area contributed by atoms with Crippen LogP contribution in [0.5, 0.6) is 0 Å². The summed E-state index contributed by atoms with van der Waals surface area (Å²) < 4.78 is 45.1. The molecule has 0 radical (unpaired) electrons. The summed E-state index contributed by atoms with van der Waals surface area (Å²) in [7, 11) is 0. The predicted molar refractivity (Wildman–Crippen MR) is 94.0 cm³/mol. The minimum atomic E-state index is -4.28. The fourth-order valence-electron chi connectivity index (χ4n) is 3.99. The molecular formula is C18H32F3N3O2. The Bertz CT molecular complexity index is 475. The highest BCUT2D eigenvalue weighted by Gasteiger charge is 2.56. The molecule has 8 heteroatoms. The van der Waals surface area contributed by atoms with Crippen LogP contribution in [0, 0.1) is 5.92 Å². The van der Waals surface area contributed by atoms with E-state index in [0.717, 1.165) is 32.5 Å². The lowest BCUT2D eigenvalue weighted by molar-refractivity contribution is -0.189. The van der Waals surface area contributed by atoms with Crippen molar-refractivity contribution in [3.05, 3.63) is 0 Å². The van der Waals surface area contributed by atoms with Gasteiger partial charge in [0.2, 0.25) is 0 Å². The van der Waals surface area contributed by atoms with E-state index < -0.39 is 17.6 Å². The van der Waals surface area contributed by atoms with Crippen LogP contribution in [-0.2, 0) is 4.74 Å². The van der Waals surface area contributed by atoms with E-state index >= 15 is 0 Å². The molecule has 2 aliphatic heterocycles. The van der Waals surface area contributed by atoms with Gasteiger partial charge < -0.3 is 19.9 Å². The van der Waals surface area contributed by atoms with Crippen molar-refractivity contribution in [1.29, 1.82) is 0 Å². The van der Waals surface area contributed by atoms with Crippen LogP contribution >= 0.6 is 0 Å². The molecule has 0 aromatic carbocycles. The van der Waals surface area contributed by atoms with Crippen molar-refractivity contribution < 1.29 is 22.7 Å². The van der Waals surface area contributed by atoms with Crippen molar-refractivity contribution in [1.82, 2.24) is 15.1 Å². The highest BCUT2D eigenvalue weighted by atomic mass is 19.4. The molecule has 0 aromatic rings. The number of nitrogens with zero attached hydrogens (tertiary/aromatic N) is 2. The van der Waals surface area contributed by atoms with E-state index in [-0.39, 0.29) is 31.1 Å². The molecule has 5 nitrogen and oxygen atoms in total. The van der Waals surface area contributed by atoms with Gasteiger partial charge in [0.25, 0.3) is 0 Å². The summed E-state index contributed by atoms with van der Waals surface area (Å²) in [6.07, 6.45) is -2.47. The Hall–Kier alpha value is -1.02. The predicted octanol–water partition coefficient (Wildman–Crippen LogP) is 3.25. The smallest absolute Gasteiger partial charge is 0.377 e. The lowest BCUT2D eigenvalue weighted by Crippen LogP contribution is -2.55. The van der Waals surface area contributed by atoms with E-state index in [0.29, 0.717) is 6.61 Å². The van der Waals surface area contributed by atoms with Crippen LogP contribution in [0.4, 0.5) is 18.0 Å². The van der Waals surface area contributed by atoms with Crippen LogP contribution in [0.2, 0.25) is 0 Å².